The Morgan fingerprint density at radius 2 is 1.38 bits per heavy atom. The number of amides is 3. The number of fused-ring (bicyclic) bond motifs is 2. The summed E-state index contributed by atoms with van der Waals surface area (Å²) in [6, 6.07) is 19.2. The first-order valence-corrected chi connectivity index (χ1v) is 17.0. The molecule has 0 spiro atoms. The SMILES string of the molecule is COc1ccc([C@@H]2CC[C@H](C(=O)N3Cc4ccccc4C[C@@H]3C(=O)O)N2C(=O)[C@H]2Cc3ccccc3N2C(=O)OC2CCCCC2)cc1. The monoisotopic (exact) mass is 651 g/mol. The molecule has 3 heterocycles. The van der Waals surface area contributed by atoms with Gasteiger partial charge in [-0.25, -0.2) is 9.59 Å². The lowest BCUT2D eigenvalue weighted by Gasteiger charge is -2.40. The van der Waals surface area contributed by atoms with Crippen LogP contribution in [-0.4, -0.2) is 70.1 Å². The Morgan fingerprint density at radius 3 is 2.08 bits per heavy atom. The molecular weight excluding hydrogens is 610 g/mol. The van der Waals surface area contributed by atoms with Crippen LogP contribution in [0.4, 0.5) is 10.5 Å². The van der Waals surface area contributed by atoms with Gasteiger partial charge in [0.25, 0.3) is 0 Å². The molecule has 3 amide bonds. The van der Waals surface area contributed by atoms with Crippen molar-refractivity contribution in [3.8, 4) is 5.75 Å². The Bertz CT molecular complexity index is 1700. The standard InChI is InChI=1S/C38H41N3O7/c1-47-28-17-15-24(16-18-28)31-19-20-32(35(42)39-23-27-11-6-5-9-25(27)21-34(39)37(44)45)40(31)36(43)33-22-26-10-7-8-14-30(26)41(33)38(46)48-29-12-3-2-4-13-29/h5-11,14-18,29,31-34H,2-4,12-13,19-23H2,1H3,(H,44,45)/t31-,32+,33+,34+/m0/s1. The molecular formula is C38H41N3O7. The van der Waals surface area contributed by atoms with E-state index in [0.717, 1.165) is 54.4 Å². The quantitative estimate of drug-likeness (QED) is 0.365. The van der Waals surface area contributed by atoms with Crippen LogP contribution in [0.3, 0.4) is 0 Å². The van der Waals surface area contributed by atoms with Crippen molar-refractivity contribution in [1.29, 1.82) is 0 Å². The van der Waals surface area contributed by atoms with E-state index in [0.29, 0.717) is 24.3 Å². The van der Waals surface area contributed by atoms with Crippen LogP contribution in [-0.2, 0) is 38.5 Å². The Morgan fingerprint density at radius 1 is 0.708 bits per heavy atom. The largest absolute Gasteiger partial charge is 0.497 e. The van der Waals surface area contributed by atoms with E-state index in [2.05, 4.69) is 0 Å². The highest BCUT2D eigenvalue weighted by molar-refractivity contribution is 6.02. The van der Waals surface area contributed by atoms with Gasteiger partial charge in [-0.05, 0) is 79.0 Å². The lowest BCUT2D eigenvalue weighted by atomic mass is 9.93. The minimum absolute atomic E-state index is 0.145. The smallest absolute Gasteiger partial charge is 0.415 e. The molecule has 10 heteroatoms. The second kappa shape index (κ2) is 13.3. The Balaban J connectivity index is 1.24. The summed E-state index contributed by atoms with van der Waals surface area (Å²) >= 11 is 0. The Hall–Kier alpha value is -4.86. The molecule has 4 atom stereocenters. The predicted molar refractivity (Wildman–Crippen MR) is 177 cm³/mol. The summed E-state index contributed by atoms with van der Waals surface area (Å²) in [6.45, 7) is 0.145. The van der Waals surface area contributed by atoms with Crippen LogP contribution in [0.5, 0.6) is 5.75 Å². The van der Waals surface area contributed by atoms with Gasteiger partial charge in [-0.15, -0.1) is 0 Å². The van der Waals surface area contributed by atoms with Crippen molar-refractivity contribution in [3.63, 3.8) is 0 Å². The van der Waals surface area contributed by atoms with E-state index in [1.54, 1.807) is 12.0 Å². The molecule has 1 saturated carbocycles. The van der Waals surface area contributed by atoms with E-state index in [-0.39, 0.29) is 31.4 Å². The minimum atomic E-state index is -1.08. The zero-order valence-electron chi connectivity index (χ0n) is 27.1. The van der Waals surface area contributed by atoms with Crippen molar-refractivity contribution in [2.75, 3.05) is 12.0 Å². The average Bonchev–Trinajstić information content (AvgIpc) is 3.74. The van der Waals surface area contributed by atoms with Crippen LogP contribution in [0.2, 0.25) is 0 Å². The van der Waals surface area contributed by atoms with Gasteiger partial charge in [0.15, 0.2) is 0 Å². The number of methoxy groups -OCH3 is 1. The highest BCUT2D eigenvalue weighted by atomic mass is 16.6. The molecule has 0 bridgehead atoms. The molecule has 1 aliphatic carbocycles. The first-order valence-electron chi connectivity index (χ1n) is 17.0. The number of hydrogen-bond acceptors (Lipinski definition) is 6. The van der Waals surface area contributed by atoms with Gasteiger partial charge in [0.2, 0.25) is 11.8 Å². The molecule has 0 unspecified atom stereocenters. The molecule has 3 aromatic carbocycles. The molecule has 7 rings (SSSR count). The summed E-state index contributed by atoms with van der Waals surface area (Å²) in [5.74, 6) is -1.16. The number of anilines is 1. The van der Waals surface area contributed by atoms with Gasteiger partial charge in [-0.2, -0.15) is 0 Å². The number of nitrogens with zero attached hydrogens (tertiary/aromatic N) is 3. The summed E-state index contributed by atoms with van der Waals surface area (Å²) in [5.41, 5.74) is 4.13. The average molecular weight is 652 g/mol. The maximum atomic E-state index is 15.0. The summed E-state index contributed by atoms with van der Waals surface area (Å²) in [6.07, 6.45) is 5.30. The number of aliphatic carboxylic acids is 1. The molecule has 0 aromatic heterocycles. The van der Waals surface area contributed by atoms with E-state index in [1.807, 2.05) is 72.8 Å². The summed E-state index contributed by atoms with van der Waals surface area (Å²) < 4.78 is 11.4. The summed E-state index contributed by atoms with van der Waals surface area (Å²) in [4.78, 5) is 60.5. The zero-order valence-corrected chi connectivity index (χ0v) is 27.1. The third-order valence-electron chi connectivity index (χ3n) is 10.5. The third-order valence-corrected chi connectivity index (χ3v) is 10.5. The topological polar surface area (TPSA) is 117 Å². The Labute approximate surface area is 280 Å². The number of carboxylic acids is 1. The second-order valence-corrected chi connectivity index (χ2v) is 13.3. The van der Waals surface area contributed by atoms with E-state index in [9.17, 15) is 19.5 Å². The first kappa shape index (κ1) is 31.7. The van der Waals surface area contributed by atoms with Crippen LogP contribution in [0.25, 0.3) is 0 Å². The number of likely N-dealkylation sites (tertiary alicyclic amines) is 1. The van der Waals surface area contributed by atoms with E-state index < -0.39 is 42.1 Å². The normalized spacial score (nSPS) is 23.7. The van der Waals surface area contributed by atoms with Crippen molar-refractivity contribution in [2.24, 2.45) is 0 Å². The van der Waals surface area contributed by atoms with E-state index >= 15 is 4.79 Å². The molecule has 1 saturated heterocycles. The maximum Gasteiger partial charge on any atom is 0.415 e. The van der Waals surface area contributed by atoms with Crippen molar-refractivity contribution >= 4 is 29.6 Å². The van der Waals surface area contributed by atoms with Crippen molar-refractivity contribution in [3.05, 3.63) is 95.1 Å². The highest BCUT2D eigenvalue weighted by Gasteiger charge is 2.50. The van der Waals surface area contributed by atoms with Crippen molar-refractivity contribution < 1.29 is 33.8 Å². The number of carbonyl (C=O) groups excluding carboxylic acids is 3. The molecule has 1 N–H and O–H groups in total. The number of rotatable bonds is 6. The molecule has 4 aliphatic rings. The van der Waals surface area contributed by atoms with Gasteiger partial charge < -0.3 is 24.4 Å². The Kier molecular flexibility index (Phi) is 8.81. The lowest BCUT2D eigenvalue weighted by Crippen LogP contribution is -2.58. The molecule has 250 valence electrons. The number of benzene rings is 3. The first-order chi connectivity index (χ1) is 23.3. The fourth-order valence-electron chi connectivity index (χ4n) is 8.04. The van der Waals surface area contributed by atoms with Crippen LogP contribution >= 0.6 is 0 Å². The lowest BCUT2D eigenvalue weighted by molar-refractivity contribution is -0.155. The maximum absolute atomic E-state index is 15.0. The predicted octanol–water partition coefficient (Wildman–Crippen LogP) is 5.67. The van der Waals surface area contributed by atoms with Gasteiger partial charge in [-0.3, -0.25) is 14.5 Å². The molecule has 3 aromatic rings. The van der Waals surface area contributed by atoms with Crippen LogP contribution in [0, 0.1) is 0 Å². The minimum Gasteiger partial charge on any atom is -0.497 e. The zero-order chi connectivity index (χ0) is 33.4. The number of carboxylic acid groups (broad SMARTS) is 1. The number of ether oxygens (including phenoxy) is 2. The van der Waals surface area contributed by atoms with E-state index in [1.165, 1.54) is 9.80 Å². The fourth-order valence-corrected chi connectivity index (χ4v) is 8.04. The molecule has 48 heavy (non-hydrogen) atoms. The number of carbonyl (C=O) groups is 4. The number of para-hydroxylation sites is 1. The molecule has 2 fully saturated rings. The van der Waals surface area contributed by atoms with Gasteiger partial charge in [0, 0.05) is 19.4 Å². The summed E-state index contributed by atoms with van der Waals surface area (Å²) in [7, 11) is 1.59. The van der Waals surface area contributed by atoms with E-state index in [4.69, 9.17) is 9.47 Å². The van der Waals surface area contributed by atoms with Gasteiger partial charge >= 0.3 is 12.1 Å². The van der Waals surface area contributed by atoms with Gasteiger partial charge in [0.05, 0.1) is 18.8 Å². The van der Waals surface area contributed by atoms with Crippen LogP contribution in [0.15, 0.2) is 72.8 Å². The van der Waals surface area contributed by atoms with Crippen LogP contribution in [0.1, 0.15) is 73.2 Å². The second-order valence-electron chi connectivity index (χ2n) is 13.3. The molecule has 10 nitrogen and oxygen atoms in total. The molecule has 3 aliphatic heterocycles. The third kappa shape index (κ3) is 5.88. The summed E-state index contributed by atoms with van der Waals surface area (Å²) in [5, 5.41) is 10.2. The number of hydrogen-bond donors (Lipinski definition) is 1. The molecule has 0 radical (unpaired) electrons. The van der Waals surface area contributed by atoms with Gasteiger partial charge in [-0.1, -0.05) is 61.0 Å². The fraction of sp³-hybridized carbons (Fsp3) is 0.421. The van der Waals surface area contributed by atoms with Crippen LogP contribution < -0.4 is 9.64 Å². The highest BCUT2D eigenvalue weighted by Crippen LogP contribution is 2.42. The van der Waals surface area contributed by atoms with Crippen molar-refractivity contribution in [1.82, 2.24) is 9.80 Å². The van der Waals surface area contributed by atoms with Crippen molar-refractivity contribution in [2.45, 2.75) is 94.6 Å². The van der Waals surface area contributed by atoms with Gasteiger partial charge in [0.1, 0.15) is 30.0 Å².